The monoisotopic (exact) mass is 556 g/mol. The minimum absolute atomic E-state index is 0.0960. The summed E-state index contributed by atoms with van der Waals surface area (Å²) in [7, 11) is -0.628. The molecule has 9 heteroatoms. The number of fused-ring (bicyclic) bond motifs is 1. The van der Waals surface area contributed by atoms with Gasteiger partial charge in [0, 0.05) is 18.6 Å². The Bertz CT molecular complexity index is 1250. The number of carbonyl (C=O) groups excluding carboxylic acids is 1. The minimum Gasteiger partial charge on any atom is -0.497 e. The fourth-order valence-electron chi connectivity index (χ4n) is 6.95. The molecule has 5 rings (SSSR count). The third-order valence-corrected chi connectivity index (χ3v) is 10.3. The molecule has 2 aromatic carbocycles. The number of benzene rings is 2. The molecule has 2 aromatic rings. The van der Waals surface area contributed by atoms with Gasteiger partial charge in [-0.05, 0) is 73.6 Å². The summed E-state index contributed by atoms with van der Waals surface area (Å²) in [4.78, 5) is 14.5. The number of methoxy groups -OCH3 is 2. The first-order chi connectivity index (χ1) is 18.7. The Balaban J connectivity index is 1.32. The van der Waals surface area contributed by atoms with E-state index in [4.69, 9.17) is 14.2 Å². The summed E-state index contributed by atoms with van der Waals surface area (Å²) in [6.45, 7) is 2.42. The van der Waals surface area contributed by atoms with E-state index in [2.05, 4.69) is 30.3 Å². The predicted molar refractivity (Wildman–Crippen MR) is 149 cm³/mol. The number of hydrogen-bond acceptors (Lipinski definition) is 6. The van der Waals surface area contributed by atoms with Crippen LogP contribution in [0.4, 0.5) is 4.79 Å². The number of ether oxygens (including phenoxy) is 3. The van der Waals surface area contributed by atoms with E-state index in [0.29, 0.717) is 18.1 Å². The van der Waals surface area contributed by atoms with Crippen LogP contribution in [0.25, 0.3) is 0 Å². The van der Waals surface area contributed by atoms with Crippen molar-refractivity contribution in [1.29, 1.82) is 0 Å². The quantitative estimate of drug-likeness (QED) is 0.450. The van der Waals surface area contributed by atoms with Crippen LogP contribution in [0.1, 0.15) is 50.2 Å². The second kappa shape index (κ2) is 11.1. The van der Waals surface area contributed by atoms with Crippen molar-refractivity contribution in [3.63, 3.8) is 0 Å². The number of sulfonamides is 1. The average molecular weight is 557 g/mol. The maximum absolute atomic E-state index is 13.1. The van der Waals surface area contributed by atoms with E-state index in [1.165, 1.54) is 29.7 Å². The van der Waals surface area contributed by atoms with Crippen LogP contribution in [-0.4, -0.2) is 75.0 Å². The number of rotatable bonds is 9. The van der Waals surface area contributed by atoms with Crippen LogP contribution in [-0.2, 0) is 31.5 Å². The Morgan fingerprint density at radius 2 is 1.79 bits per heavy atom. The number of likely N-dealkylation sites (tertiary alicyclic amines) is 1. The van der Waals surface area contributed by atoms with E-state index >= 15 is 0 Å². The zero-order chi connectivity index (χ0) is 27.8. The first-order valence-electron chi connectivity index (χ1n) is 13.8. The molecule has 0 radical (unpaired) electrons. The Morgan fingerprint density at radius 1 is 1.08 bits per heavy atom. The molecule has 8 nitrogen and oxygen atoms in total. The van der Waals surface area contributed by atoms with Crippen molar-refractivity contribution >= 4 is 16.1 Å². The Labute approximate surface area is 232 Å². The number of carbonyl (C=O) groups is 1. The molecule has 0 spiro atoms. The summed E-state index contributed by atoms with van der Waals surface area (Å²) < 4.78 is 44.6. The van der Waals surface area contributed by atoms with Crippen molar-refractivity contribution in [2.75, 3.05) is 27.1 Å². The Morgan fingerprint density at radius 3 is 2.41 bits per heavy atom. The van der Waals surface area contributed by atoms with Gasteiger partial charge in [0.1, 0.15) is 5.75 Å². The molecular weight excluding hydrogens is 516 g/mol. The molecule has 39 heavy (non-hydrogen) atoms. The lowest BCUT2D eigenvalue weighted by Gasteiger charge is -2.35. The van der Waals surface area contributed by atoms with Gasteiger partial charge in [0.2, 0.25) is 10.0 Å². The maximum atomic E-state index is 13.1. The normalized spacial score (nSPS) is 30.2. The van der Waals surface area contributed by atoms with Crippen LogP contribution >= 0.6 is 0 Å². The zero-order valence-corrected chi connectivity index (χ0v) is 24.1. The van der Waals surface area contributed by atoms with Gasteiger partial charge in [0.15, 0.2) is 0 Å². The molecule has 3 fully saturated rings. The fourth-order valence-corrected chi connectivity index (χ4v) is 8.05. The third-order valence-electron chi connectivity index (χ3n) is 9.08. The molecule has 212 valence electrons. The molecule has 0 N–H and O–H groups in total. The lowest BCUT2D eigenvalue weighted by Crippen LogP contribution is -2.51. The van der Waals surface area contributed by atoms with Gasteiger partial charge in [-0.2, -0.15) is 4.31 Å². The first kappa shape index (κ1) is 27.9. The summed E-state index contributed by atoms with van der Waals surface area (Å²) in [6, 6.07) is 17.1. The van der Waals surface area contributed by atoms with Crippen LogP contribution in [0, 0.1) is 5.92 Å². The Hall–Kier alpha value is -2.62. The van der Waals surface area contributed by atoms with E-state index in [1.807, 2.05) is 31.2 Å². The zero-order valence-electron chi connectivity index (χ0n) is 23.3. The summed E-state index contributed by atoms with van der Waals surface area (Å²) in [6.07, 6.45) is 5.61. The van der Waals surface area contributed by atoms with Gasteiger partial charge in [0.05, 0.1) is 39.2 Å². The number of amides is 1. The van der Waals surface area contributed by atoms with Crippen LogP contribution < -0.4 is 4.74 Å². The highest BCUT2D eigenvalue weighted by atomic mass is 32.2. The second-order valence-electron chi connectivity index (χ2n) is 11.4. The van der Waals surface area contributed by atoms with Crippen molar-refractivity contribution in [3.05, 3.63) is 65.7 Å². The standard InChI is InChI=1S/C30H40N2O6S/c1-21-16-27(31(39(4,34)35)19-22-10-12-25(36-2)13-11-22)28(32(21)29(33)37-3)20-38-26-14-15-30(18-24(30)17-26)23-8-6-5-7-9-23/h5-13,21,24,26-28H,14-20H2,1-4H3/t21-,24?,26?,27+,28+,30?/m1/s1. The molecule has 3 unspecified atom stereocenters. The lowest BCUT2D eigenvalue weighted by atomic mass is 9.81. The van der Waals surface area contributed by atoms with Crippen molar-refractivity contribution in [3.8, 4) is 5.75 Å². The smallest absolute Gasteiger partial charge is 0.410 e. The highest BCUT2D eigenvalue weighted by Crippen LogP contribution is 2.62. The van der Waals surface area contributed by atoms with E-state index < -0.39 is 28.2 Å². The van der Waals surface area contributed by atoms with Gasteiger partial charge in [-0.3, -0.25) is 4.90 Å². The lowest BCUT2D eigenvalue weighted by molar-refractivity contribution is -0.0151. The molecule has 0 aromatic heterocycles. The van der Waals surface area contributed by atoms with E-state index in [9.17, 15) is 13.2 Å². The number of hydrogen-bond donors (Lipinski definition) is 0. The first-order valence-corrected chi connectivity index (χ1v) is 15.6. The largest absolute Gasteiger partial charge is 0.497 e. The average Bonchev–Trinajstić information content (AvgIpc) is 3.59. The van der Waals surface area contributed by atoms with Gasteiger partial charge in [-0.25, -0.2) is 13.2 Å². The van der Waals surface area contributed by atoms with Crippen LogP contribution in [0.3, 0.4) is 0 Å². The van der Waals surface area contributed by atoms with E-state index in [1.54, 1.807) is 12.0 Å². The summed E-state index contributed by atoms with van der Waals surface area (Å²) in [5.41, 5.74) is 2.57. The summed E-state index contributed by atoms with van der Waals surface area (Å²) in [5.74, 6) is 1.32. The maximum Gasteiger partial charge on any atom is 0.410 e. The topological polar surface area (TPSA) is 85.4 Å². The molecule has 0 bridgehead atoms. The molecule has 1 aliphatic heterocycles. The van der Waals surface area contributed by atoms with Gasteiger partial charge in [-0.1, -0.05) is 42.5 Å². The Kier molecular flexibility index (Phi) is 7.95. The highest BCUT2D eigenvalue weighted by Gasteiger charge is 2.58. The van der Waals surface area contributed by atoms with Crippen LogP contribution in [0.2, 0.25) is 0 Å². The summed E-state index contributed by atoms with van der Waals surface area (Å²) in [5, 5.41) is 0. The molecule has 2 aliphatic carbocycles. The molecule has 3 aliphatic rings. The molecule has 1 saturated heterocycles. The third kappa shape index (κ3) is 5.67. The van der Waals surface area contributed by atoms with Crippen LogP contribution in [0.5, 0.6) is 5.75 Å². The molecule has 1 heterocycles. The SMILES string of the molecule is COC(=O)N1[C@H](C)C[C@H](N(Cc2ccc(OC)cc2)S(C)(=O)=O)[C@@H]1COC1CCC2(c3ccccc3)CC2C1. The molecular formula is C30H40N2O6S. The van der Waals surface area contributed by atoms with Gasteiger partial charge in [-0.15, -0.1) is 0 Å². The number of nitrogens with zero attached hydrogens (tertiary/aromatic N) is 2. The minimum atomic E-state index is -3.59. The van der Waals surface area contributed by atoms with E-state index in [0.717, 1.165) is 24.8 Å². The summed E-state index contributed by atoms with van der Waals surface area (Å²) >= 11 is 0. The van der Waals surface area contributed by atoms with Crippen LogP contribution in [0.15, 0.2) is 54.6 Å². The second-order valence-corrected chi connectivity index (χ2v) is 13.3. The fraction of sp³-hybridized carbons (Fsp3) is 0.567. The van der Waals surface area contributed by atoms with Crippen molar-refractivity contribution in [2.24, 2.45) is 5.92 Å². The van der Waals surface area contributed by atoms with Gasteiger partial charge >= 0.3 is 6.09 Å². The van der Waals surface area contributed by atoms with Gasteiger partial charge < -0.3 is 14.2 Å². The molecule has 1 amide bonds. The van der Waals surface area contributed by atoms with Gasteiger partial charge in [0.25, 0.3) is 0 Å². The van der Waals surface area contributed by atoms with E-state index in [-0.39, 0.29) is 30.7 Å². The molecule has 2 saturated carbocycles. The van der Waals surface area contributed by atoms with Crippen molar-refractivity contribution in [2.45, 2.75) is 75.2 Å². The highest BCUT2D eigenvalue weighted by molar-refractivity contribution is 7.88. The van der Waals surface area contributed by atoms with Crippen molar-refractivity contribution < 1.29 is 27.4 Å². The van der Waals surface area contributed by atoms with Crippen molar-refractivity contribution in [1.82, 2.24) is 9.21 Å². The molecule has 6 atom stereocenters. The predicted octanol–water partition coefficient (Wildman–Crippen LogP) is 4.58.